The van der Waals surface area contributed by atoms with Crippen LogP contribution in [-0.4, -0.2) is 0 Å². The molecule has 0 bridgehead atoms. The van der Waals surface area contributed by atoms with Gasteiger partial charge in [-0.05, 0) is 91.2 Å². The molecule has 0 saturated carbocycles. The zero-order valence-corrected chi connectivity index (χ0v) is 30.9. The molecule has 0 unspecified atom stereocenters. The van der Waals surface area contributed by atoms with E-state index in [0.717, 1.165) is 50.1 Å². The molecule has 1 aliphatic carbocycles. The maximum atomic E-state index is 6.73. The number of anilines is 3. The van der Waals surface area contributed by atoms with E-state index in [1.54, 1.807) is 0 Å². The normalized spacial score (nSPS) is 13.5. The van der Waals surface area contributed by atoms with Gasteiger partial charge in [-0.1, -0.05) is 156 Å². The third kappa shape index (κ3) is 4.78. The maximum absolute atomic E-state index is 6.73. The zero-order valence-electron chi connectivity index (χ0n) is 30.9. The van der Waals surface area contributed by atoms with E-state index in [9.17, 15) is 0 Å². The van der Waals surface area contributed by atoms with Crippen LogP contribution in [0.15, 0.2) is 162 Å². The van der Waals surface area contributed by atoms with Crippen LogP contribution in [0.1, 0.15) is 51.3 Å². The molecule has 8 aromatic carbocycles. The molecule has 53 heavy (non-hydrogen) atoms. The van der Waals surface area contributed by atoms with Crippen LogP contribution in [-0.2, 0) is 10.8 Å². The van der Waals surface area contributed by atoms with Crippen molar-refractivity contribution in [2.24, 2.45) is 0 Å². The van der Waals surface area contributed by atoms with Crippen LogP contribution in [0.5, 0.6) is 0 Å². The van der Waals surface area contributed by atoms with Gasteiger partial charge in [-0.3, -0.25) is 0 Å². The lowest BCUT2D eigenvalue weighted by Gasteiger charge is -2.30. The number of para-hydroxylation sites is 2. The lowest BCUT2D eigenvalue weighted by molar-refractivity contribution is 0.590. The van der Waals surface area contributed by atoms with Gasteiger partial charge in [-0.15, -0.1) is 0 Å². The summed E-state index contributed by atoms with van der Waals surface area (Å²) in [6, 6.07) is 58.0. The van der Waals surface area contributed by atoms with E-state index in [1.807, 2.05) is 6.07 Å². The van der Waals surface area contributed by atoms with Crippen LogP contribution >= 0.6 is 0 Å². The molecule has 10 rings (SSSR count). The molecule has 0 aliphatic heterocycles. The molecule has 2 heteroatoms. The Bertz CT molecular complexity index is 2900. The lowest BCUT2D eigenvalue weighted by Crippen LogP contribution is -2.16. The average Bonchev–Trinajstić information content (AvgIpc) is 3.67. The van der Waals surface area contributed by atoms with Crippen molar-refractivity contribution in [3.63, 3.8) is 0 Å². The minimum atomic E-state index is -0.114. The van der Waals surface area contributed by atoms with Crippen molar-refractivity contribution in [1.29, 1.82) is 0 Å². The molecule has 1 aromatic heterocycles. The summed E-state index contributed by atoms with van der Waals surface area (Å²) in [6.07, 6.45) is 0. The summed E-state index contributed by atoms with van der Waals surface area (Å²) in [5, 5.41) is 7.21. The Hall–Kier alpha value is -6.12. The second kappa shape index (κ2) is 11.4. The zero-order chi connectivity index (χ0) is 36.1. The Labute approximate surface area is 310 Å². The predicted octanol–water partition coefficient (Wildman–Crippen LogP) is 14.6. The summed E-state index contributed by atoms with van der Waals surface area (Å²) < 4.78 is 6.73. The fourth-order valence-corrected chi connectivity index (χ4v) is 8.86. The number of benzene rings is 8. The van der Waals surface area contributed by atoms with Gasteiger partial charge in [0.05, 0.1) is 5.69 Å². The first-order valence-corrected chi connectivity index (χ1v) is 18.7. The average molecular weight is 684 g/mol. The second-order valence-electron chi connectivity index (χ2n) is 16.2. The van der Waals surface area contributed by atoms with Gasteiger partial charge in [0.25, 0.3) is 0 Å². The van der Waals surface area contributed by atoms with Crippen molar-refractivity contribution in [2.45, 2.75) is 45.4 Å². The van der Waals surface area contributed by atoms with E-state index >= 15 is 0 Å². The fraction of sp³-hybridized carbons (Fsp3) is 0.137. The van der Waals surface area contributed by atoms with E-state index < -0.39 is 0 Å². The van der Waals surface area contributed by atoms with Gasteiger partial charge in [0.1, 0.15) is 11.2 Å². The van der Waals surface area contributed by atoms with Gasteiger partial charge in [-0.2, -0.15) is 0 Å². The van der Waals surface area contributed by atoms with Crippen LogP contribution < -0.4 is 4.90 Å². The minimum absolute atomic E-state index is 0.0400. The van der Waals surface area contributed by atoms with Crippen LogP contribution in [0.2, 0.25) is 0 Å². The van der Waals surface area contributed by atoms with Crippen molar-refractivity contribution >= 4 is 60.5 Å². The van der Waals surface area contributed by atoms with E-state index in [1.165, 1.54) is 49.4 Å². The summed E-state index contributed by atoms with van der Waals surface area (Å²) in [5.74, 6) is 0. The lowest BCUT2D eigenvalue weighted by atomic mass is 9.82. The molecular formula is C51H41NO. The van der Waals surface area contributed by atoms with Crippen molar-refractivity contribution in [1.82, 2.24) is 0 Å². The Morgan fingerprint density at radius 1 is 0.491 bits per heavy atom. The molecule has 0 fully saturated rings. The number of rotatable bonds is 4. The highest BCUT2D eigenvalue weighted by molar-refractivity contribution is 6.15. The minimum Gasteiger partial charge on any atom is -0.455 e. The van der Waals surface area contributed by atoms with Crippen LogP contribution in [0, 0.1) is 0 Å². The molecule has 256 valence electrons. The second-order valence-corrected chi connectivity index (χ2v) is 16.2. The smallest absolute Gasteiger partial charge is 0.143 e. The summed E-state index contributed by atoms with van der Waals surface area (Å²) in [4.78, 5) is 2.46. The number of hydrogen-bond donors (Lipinski definition) is 0. The van der Waals surface area contributed by atoms with Gasteiger partial charge >= 0.3 is 0 Å². The Balaban J connectivity index is 1.28. The van der Waals surface area contributed by atoms with Crippen molar-refractivity contribution in [3.05, 3.63) is 174 Å². The topological polar surface area (TPSA) is 16.4 Å². The van der Waals surface area contributed by atoms with Crippen LogP contribution in [0.25, 0.3) is 65.7 Å². The quantitative estimate of drug-likeness (QED) is 0.184. The number of hydrogen-bond acceptors (Lipinski definition) is 2. The van der Waals surface area contributed by atoms with Gasteiger partial charge in [-0.25, -0.2) is 0 Å². The molecular weight excluding hydrogens is 643 g/mol. The van der Waals surface area contributed by atoms with E-state index in [0.29, 0.717) is 0 Å². The first-order valence-electron chi connectivity index (χ1n) is 18.7. The van der Waals surface area contributed by atoms with Gasteiger partial charge < -0.3 is 9.32 Å². The van der Waals surface area contributed by atoms with Crippen molar-refractivity contribution in [3.8, 4) is 22.3 Å². The van der Waals surface area contributed by atoms with Crippen LogP contribution in [0.4, 0.5) is 17.1 Å². The van der Waals surface area contributed by atoms with E-state index in [4.69, 9.17) is 4.42 Å². The molecule has 9 aromatic rings. The first-order chi connectivity index (χ1) is 25.7. The van der Waals surface area contributed by atoms with E-state index in [-0.39, 0.29) is 10.8 Å². The SMILES string of the molecule is CC(C)(C)c1ccc(N(c2ccc3c(c2)-c2c(ccc4ccccc24)C3(C)C)c2ccc3ccccc3c2-c2cccc3c2oc2ccccc23)cc1. The van der Waals surface area contributed by atoms with Crippen molar-refractivity contribution < 1.29 is 4.42 Å². The number of nitrogens with zero attached hydrogens (tertiary/aromatic N) is 1. The highest BCUT2D eigenvalue weighted by Crippen LogP contribution is 2.54. The van der Waals surface area contributed by atoms with Gasteiger partial charge in [0.15, 0.2) is 0 Å². The highest BCUT2D eigenvalue weighted by atomic mass is 16.3. The number of fused-ring (bicyclic) bond motifs is 9. The molecule has 0 amide bonds. The molecule has 0 radical (unpaired) electrons. The third-order valence-corrected chi connectivity index (χ3v) is 11.6. The monoisotopic (exact) mass is 683 g/mol. The largest absolute Gasteiger partial charge is 0.455 e. The van der Waals surface area contributed by atoms with E-state index in [2.05, 4.69) is 191 Å². The summed E-state index contributed by atoms with van der Waals surface area (Å²) in [5.41, 5.74) is 14.0. The molecule has 1 aliphatic rings. The van der Waals surface area contributed by atoms with Crippen molar-refractivity contribution in [2.75, 3.05) is 4.90 Å². The molecule has 0 saturated heterocycles. The standard InChI is InChI=1S/C51H41NO/c1-50(2,3)34-23-25-35(26-24-34)52(36-27-29-43-42(31-36)47-37-15-8-6-13-32(37)21-28-44(47)51(43,4)5)45-30-22-33-14-7-9-16-38(33)48(45)41-19-12-18-40-39-17-10-11-20-46(39)53-49(40)41/h6-31H,1-5H3. The molecule has 1 heterocycles. The van der Waals surface area contributed by atoms with Gasteiger partial charge in [0.2, 0.25) is 0 Å². The van der Waals surface area contributed by atoms with Gasteiger partial charge in [0, 0.05) is 38.7 Å². The number of furan rings is 1. The summed E-state index contributed by atoms with van der Waals surface area (Å²) >= 11 is 0. The Kier molecular flexibility index (Phi) is 6.82. The third-order valence-electron chi connectivity index (χ3n) is 11.6. The van der Waals surface area contributed by atoms with Crippen LogP contribution in [0.3, 0.4) is 0 Å². The highest BCUT2D eigenvalue weighted by Gasteiger charge is 2.37. The summed E-state index contributed by atoms with van der Waals surface area (Å²) in [7, 11) is 0. The summed E-state index contributed by atoms with van der Waals surface area (Å²) in [6.45, 7) is 11.6. The Morgan fingerprint density at radius 2 is 1.09 bits per heavy atom. The first kappa shape index (κ1) is 31.6. The predicted molar refractivity (Wildman–Crippen MR) is 225 cm³/mol. The molecule has 0 atom stereocenters. The Morgan fingerprint density at radius 3 is 1.83 bits per heavy atom. The molecule has 2 nitrogen and oxygen atoms in total. The molecule has 0 N–H and O–H groups in total. The fourth-order valence-electron chi connectivity index (χ4n) is 8.86. The maximum Gasteiger partial charge on any atom is 0.143 e. The molecule has 0 spiro atoms.